The van der Waals surface area contributed by atoms with Gasteiger partial charge in [-0.1, -0.05) is 24.6 Å². The standard InChI is InChI=1S/C24H32O2/c1-24-14-17(4-2-3-15-5-6-15)23-19-10-8-18(25)13-16(19)7-9-20(23)21(24)11-12-22(24)26/h3,8,10,13,17,20-23,25-26H,2,4-7,9,11-12,14H2,1H3/t17-,20-,21-,22-,23+,24-/m0/s1. The van der Waals surface area contributed by atoms with Gasteiger partial charge in [0.2, 0.25) is 0 Å². The minimum Gasteiger partial charge on any atom is -0.508 e. The van der Waals surface area contributed by atoms with E-state index in [1.54, 1.807) is 5.57 Å². The Kier molecular flexibility index (Phi) is 3.97. The number of aryl methyl sites for hydroxylation is 1. The van der Waals surface area contributed by atoms with Gasteiger partial charge >= 0.3 is 0 Å². The van der Waals surface area contributed by atoms with E-state index in [0.29, 0.717) is 29.4 Å². The number of aliphatic hydroxyl groups is 1. The first-order valence-electron chi connectivity index (χ1n) is 10.7. The van der Waals surface area contributed by atoms with Crippen LogP contribution in [0.1, 0.15) is 75.3 Å². The predicted molar refractivity (Wildman–Crippen MR) is 104 cm³/mol. The maximum absolute atomic E-state index is 10.8. The lowest BCUT2D eigenvalue weighted by molar-refractivity contribution is -0.0495. The number of rotatable bonds is 3. The molecule has 1 aromatic carbocycles. The predicted octanol–water partition coefficient (Wildman–Crippen LogP) is 5.34. The Morgan fingerprint density at radius 2 is 2.00 bits per heavy atom. The Bertz CT molecular complexity index is 730. The van der Waals surface area contributed by atoms with Crippen molar-refractivity contribution in [3.05, 3.63) is 41.0 Å². The highest BCUT2D eigenvalue weighted by Crippen LogP contribution is 2.63. The summed E-state index contributed by atoms with van der Waals surface area (Å²) in [4.78, 5) is 0. The van der Waals surface area contributed by atoms with E-state index in [1.807, 2.05) is 12.1 Å². The minimum atomic E-state index is -0.112. The van der Waals surface area contributed by atoms with Gasteiger partial charge < -0.3 is 10.2 Å². The van der Waals surface area contributed by atoms with Crippen LogP contribution in [-0.2, 0) is 6.42 Å². The zero-order valence-corrected chi connectivity index (χ0v) is 16.0. The topological polar surface area (TPSA) is 40.5 Å². The van der Waals surface area contributed by atoms with Crippen LogP contribution in [0.15, 0.2) is 29.8 Å². The third-order valence-electron chi connectivity index (χ3n) is 8.29. The number of benzene rings is 1. The van der Waals surface area contributed by atoms with Crippen molar-refractivity contribution in [2.75, 3.05) is 0 Å². The Morgan fingerprint density at radius 1 is 1.15 bits per heavy atom. The van der Waals surface area contributed by atoms with Gasteiger partial charge in [0.25, 0.3) is 0 Å². The van der Waals surface area contributed by atoms with Crippen molar-refractivity contribution in [3.8, 4) is 5.75 Å². The van der Waals surface area contributed by atoms with Gasteiger partial charge in [0, 0.05) is 0 Å². The molecule has 4 aliphatic rings. The molecule has 4 aliphatic carbocycles. The molecule has 5 rings (SSSR count). The van der Waals surface area contributed by atoms with E-state index in [9.17, 15) is 10.2 Å². The molecule has 2 N–H and O–H groups in total. The fourth-order valence-electron chi connectivity index (χ4n) is 6.91. The number of hydrogen-bond donors (Lipinski definition) is 2. The molecular weight excluding hydrogens is 320 g/mol. The second kappa shape index (κ2) is 6.12. The van der Waals surface area contributed by atoms with Crippen molar-refractivity contribution < 1.29 is 10.2 Å². The van der Waals surface area contributed by atoms with E-state index < -0.39 is 0 Å². The molecule has 0 radical (unpaired) electrons. The summed E-state index contributed by atoms with van der Waals surface area (Å²) in [6, 6.07) is 6.11. The lowest BCUT2D eigenvalue weighted by atomic mass is 9.51. The SMILES string of the molecule is C[C@]12C[C@H](CCC=C3CC3)[C@@H]3c4ccc(O)cc4CC[C@H]3[C@@H]1CC[C@@H]2O. The largest absolute Gasteiger partial charge is 0.508 e. The molecule has 6 atom stereocenters. The summed E-state index contributed by atoms with van der Waals surface area (Å²) in [5, 5.41) is 20.7. The zero-order chi connectivity index (χ0) is 17.9. The highest BCUT2D eigenvalue weighted by molar-refractivity contribution is 5.40. The van der Waals surface area contributed by atoms with Crippen molar-refractivity contribution >= 4 is 0 Å². The lowest BCUT2D eigenvalue weighted by Crippen LogP contribution is -2.47. The summed E-state index contributed by atoms with van der Waals surface area (Å²) in [6.07, 6.45) is 13.1. The first kappa shape index (κ1) is 16.9. The maximum Gasteiger partial charge on any atom is 0.115 e. The Hall–Kier alpha value is -1.28. The summed E-state index contributed by atoms with van der Waals surface area (Å²) in [6.45, 7) is 2.38. The highest BCUT2D eigenvalue weighted by Gasteiger charge is 2.57. The number of aliphatic hydroxyl groups excluding tert-OH is 1. The van der Waals surface area contributed by atoms with Gasteiger partial charge in [-0.05, 0) is 110 Å². The van der Waals surface area contributed by atoms with Crippen LogP contribution in [0.2, 0.25) is 0 Å². The monoisotopic (exact) mass is 352 g/mol. The van der Waals surface area contributed by atoms with Gasteiger partial charge in [-0.2, -0.15) is 0 Å². The van der Waals surface area contributed by atoms with Crippen LogP contribution in [0.3, 0.4) is 0 Å². The second-order valence-corrected chi connectivity index (χ2v) is 9.72. The average Bonchev–Trinajstić information content (AvgIpc) is 3.39. The molecule has 2 heteroatoms. The van der Waals surface area contributed by atoms with E-state index in [-0.39, 0.29) is 11.5 Å². The first-order chi connectivity index (χ1) is 12.6. The van der Waals surface area contributed by atoms with E-state index in [4.69, 9.17) is 0 Å². The summed E-state index contributed by atoms with van der Waals surface area (Å²) >= 11 is 0. The van der Waals surface area contributed by atoms with Gasteiger partial charge in [0.15, 0.2) is 0 Å². The maximum atomic E-state index is 10.8. The summed E-state index contributed by atoms with van der Waals surface area (Å²) in [7, 11) is 0. The smallest absolute Gasteiger partial charge is 0.115 e. The molecule has 0 unspecified atom stereocenters. The number of hydrogen-bond acceptors (Lipinski definition) is 2. The van der Waals surface area contributed by atoms with Crippen LogP contribution >= 0.6 is 0 Å². The van der Waals surface area contributed by atoms with Crippen molar-refractivity contribution in [2.24, 2.45) is 23.2 Å². The summed E-state index contributed by atoms with van der Waals surface area (Å²) in [5.74, 6) is 3.08. The van der Waals surface area contributed by atoms with Crippen LogP contribution in [0.5, 0.6) is 5.75 Å². The van der Waals surface area contributed by atoms with Crippen molar-refractivity contribution in [1.82, 2.24) is 0 Å². The number of allylic oxidation sites excluding steroid dienone is 2. The quantitative estimate of drug-likeness (QED) is 0.721. The molecule has 3 fully saturated rings. The molecule has 0 aromatic heterocycles. The first-order valence-corrected chi connectivity index (χ1v) is 10.7. The second-order valence-electron chi connectivity index (χ2n) is 9.72. The molecule has 0 aliphatic heterocycles. The van der Waals surface area contributed by atoms with Gasteiger partial charge in [-0.25, -0.2) is 0 Å². The molecule has 1 aromatic rings. The zero-order valence-electron chi connectivity index (χ0n) is 16.0. The third-order valence-corrected chi connectivity index (χ3v) is 8.29. The summed E-state index contributed by atoms with van der Waals surface area (Å²) in [5.41, 5.74) is 4.65. The highest BCUT2D eigenvalue weighted by atomic mass is 16.3. The fourth-order valence-corrected chi connectivity index (χ4v) is 6.91. The Balaban J connectivity index is 1.50. The fraction of sp³-hybridized carbons (Fsp3) is 0.667. The number of phenolic OH excluding ortho intramolecular Hbond substituents is 1. The van der Waals surface area contributed by atoms with E-state index >= 15 is 0 Å². The third kappa shape index (κ3) is 2.64. The van der Waals surface area contributed by atoms with Crippen molar-refractivity contribution in [2.45, 2.75) is 76.7 Å². The number of fused-ring (bicyclic) bond motifs is 5. The van der Waals surface area contributed by atoms with Gasteiger partial charge in [-0.15, -0.1) is 0 Å². The molecule has 3 saturated carbocycles. The number of aromatic hydroxyl groups is 1. The molecule has 0 saturated heterocycles. The molecule has 0 spiro atoms. The van der Waals surface area contributed by atoms with E-state index in [2.05, 4.69) is 19.1 Å². The molecule has 26 heavy (non-hydrogen) atoms. The average molecular weight is 353 g/mol. The van der Waals surface area contributed by atoms with Crippen LogP contribution in [0, 0.1) is 23.2 Å². The molecule has 0 amide bonds. The van der Waals surface area contributed by atoms with Gasteiger partial charge in [0.05, 0.1) is 6.10 Å². The van der Waals surface area contributed by atoms with Crippen molar-refractivity contribution in [1.29, 1.82) is 0 Å². The van der Waals surface area contributed by atoms with Crippen LogP contribution in [0.25, 0.3) is 0 Å². The normalized spacial score (nSPS) is 40.5. The minimum absolute atomic E-state index is 0.112. The molecule has 2 nitrogen and oxygen atoms in total. The van der Waals surface area contributed by atoms with Gasteiger partial charge in [0.1, 0.15) is 5.75 Å². The van der Waals surface area contributed by atoms with E-state index in [1.165, 1.54) is 56.1 Å². The Morgan fingerprint density at radius 3 is 2.81 bits per heavy atom. The Labute approximate surface area is 157 Å². The summed E-state index contributed by atoms with van der Waals surface area (Å²) < 4.78 is 0. The van der Waals surface area contributed by atoms with Gasteiger partial charge in [-0.3, -0.25) is 0 Å². The van der Waals surface area contributed by atoms with Crippen molar-refractivity contribution in [3.63, 3.8) is 0 Å². The molecule has 0 bridgehead atoms. The molecular formula is C24H32O2. The van der Waals surface area contributed by atoms with E-state index in [0.717, 1.165) is 12.8 Å². The molecule has 140 valence electrons. The molecule has 0 heterocycles. The van der Waals surface area contributed by atoms with Crippen LogP contribution < -0.4 is 0 Å². The van der Waals surface area contributed by atoms with Crippen LogP contribution in [0.4, 0.5) is 0 Å². The van der Waals surface area contributed by atoms with Crippen LogP contribution in [-0.4, -0.2) is 16.3 Å². The number of phenols is 1. The lowest BCUT2D eigenvalue weighted by Gasteiger charge is -2.54.